The summed E-state index contributed by atoms with van der Waals surface area (Å²) < 4.78 is 0. The number of hydrogen-bond acceptors (Lipinski definition) is 5. The highest BCUT2D eigenvalue weighted by atomic mass is 32.2. The van der Waals surface area contributed by atoms with Crippen molar-refractivity contribution in [2.75, 3.05) is 16.0 Å². The summed E-state index contributed by atoms with van der Waals surface area (Å²) in [6.07, 6.45) is 1.64. The van der Waals surface area contributed by atoms with Crippen molar-refractivity contribution in [3.63, 3.8) is 0 Å². The smallest absolute Gasteiger partial charge is 0.272 e. The van der Waals surface area contributed by atoms with Gasteiger partial charge in [-0.3, -0.25) is 19.3 Å². The van der Waals surface area contributed by atoms with Crippen LogP contribution in [-0.4, -0.2) is 23.5 Å². The van der Waals surface area contributed by atoms with Crippen LogP contribution in [0.2, 0.25) is 0 Å². The molecule has 0 unspecified atom stereocenters. The van der Waals surface area contributed by atoms with Crippen LogP contribution < -0.4 is 15.5 Å². The van der Waals surface area contributed by atoms with Gasteiger partial charge in [-0.05, 0) is 72.3 Å². The number of fused-ring (bicyclic) bond motifs is 2. The van der Waals surface area contributed by atoms with Gasteiger partial charge < -0.3 is 10.6 Å². The summed E-state index contributed by atoms with van der Waals surface area (Å²) in [5, 5.41) is 5.63. The van der Waals surface area contributed by atoms with Gasteiger partial charge in [-0.2, -0.15) is 0 Å². The van der Waals surface area contributed by atoms with Crippen molar-refractivity contribution in [3.8, 4) is 0 Å². The molecule has 2 N–H and O–H groups in total. The number of carbonyl (C=O) groups is 3. The minimum Gasteiger partial charge on any atom is -0.321 e. The van der Waals surface area contributed by atoms with E-state index in [-0.39, 0.29) is 23.3 Å². The molecule has 6 rings (SSSR count). The molecule has 0 radical (unpaired) electrons. The van der Waals surface area contributed by atoms with Gasteiger partial charge in [-0.25, -0.2) is 0 Å². The van der Waals surface area contributed by atoms with Crippen LogP contribution in [-0.2, 0) is 9.59 Å². The lowest BCUT2D eigenvalue weighted by Gasteiger charge is -2.31. The van der Waals surface area contributed by atoms with Crippen LogP contribution in [0, 0.1) is 0 Å². The molecule has 0 bridgehead atoms. The molecule has 8 heteroatoms. The number of hydrogen-bond donors (Lipinski definition) is 2. The molecule has 0 aromatic heterocycles. The molecule has 5 aromatic carbocycles. The Morgan fingerprint density at radius 2 is 1.25 bits per heavy atom. The molecule has 1 aliphatic rings. The van der Waals surface area contributed by atoms with Gasteiger partial charge >= 0.3 is 0 Å². The number of nitrogens with zero attached hydrogens (tertiary/aromatic N) is 1. The van der Waals surface area contributed by atoms with Crippen LogP contribution in [0.3, 0.4) is 0 Å². The number of nitrogens with one attached hydrogen (secondary N) is 2. The van der Waals surface area contributed by atoms with E-state index in [1.54, 1.807) is 59.1 Å². The van der Waals surface area contributed by atoms with Crippen molar-refractivity contribution in [1.29, 1.82) is 0 Å². The minimum absolute atomic E-state index is 0.0163. The van der Waals surface area contributed by atoms with Crippen molar-refractivity contribution in [2.24, 2.45) is 0 Å². The van der Waals surface area contributed by atoms with Crippen LogP contribution in [0.25, 0.3) is 6.08 Å². The molecule has 3 amide bonds. The van der Waals surface area contributed by atoms with E-state index < -0.39 is 5.91 Å². The summed E-state index contributed by atoms with van der Waals surface area (Å²) in [5.74, 6) is -0.600. The summed E-state index contributed by atoms with van der Waals surface area (Å²) in [7, 11) is 0. The number of thioether (sulfide) groups is 1. The SMILES string of the molecule is O=C(Nc1ccc(SCC(=O)N2c3ccccc3Sc3ccccc32)cc1)C(=Cc1ccccc1)NC(=O)c1ccccc1. The fourth-order valence-electron chi connectivity index (χ4n) is 4.67. The second-order valence-corrected chi connectivity index (χ2v) is 12.0. The number of benzene rings is 5. The number of para-hydroxylation sites is 2. The van der Waals surface area contributed by atoms with E-state index >= 15 is 0 Å². The van der Waals surface area contributed by atoms with Crippen molar-refractivity contribution in [2.45, 2.75) is 14.7 Å². The average Bonchev–Trinajstić information content (AvgIpc) is 3.07. The Bertz CT molecular complexity index is 1800. The van der Waals surface area contributed by atoms with E-state index in [0.717, 1.165) is 31.6 Å². The van der Waals surface area contributed by atoms with Crippen molar-refractivity contribution in [1.82, 2.24) is 5.32 Å². The van der Waals surface area contributed by atoms with Crippen molar-refractivity contribution >= 4 is 64.4 Å². The van der Waals surface area contributed by atoms with Crippen LogP contribution in [0.4, 0.5) is 17.1 Å². The summed E-state index contributed by atoms with van der Waals surface area (Å²) in [6, 6.07) is 41.2. The first-order chi connectivity index (χ1) is 21.5. The zero-order chi connectivity index (χ0) is 30.3. The maximum absolute atomic E-state index is 13.5. The van der Waals surface area contributed by atoms with E-state index in [0.29, 0.717) is 11.3 Å². The van der Waals surface area contributed by atoms with E-state index in [2.05, 4.69) is 10.6 Å². The Kier molecular flexibility index (Phi) is 8.91. The van der Waals surface area contributed by atoms with Crippen molar-refractivity contribution < 1.29 is 14.4 Å². The molecular formula is C36H27N3O3S2. The lowest BCUT2D eigenvalue weighted by Crippen LogP contribution is -2.30. The molecule has 0 atom stereocenters. The Hall–Kier alpha value is -5.05. The quantitative estimate of drug-likeness (QED) is 0.137. The third kappa shape index (κ3) is 6.78. The molecule has 5 aromatic rings. The molecule has 6 nitrogen and oxygen atoms in total. The minimum atomic E-state index is -0.450. The van der Waals surface area contributed by atoms with Gasteiger partial charge in [0.2, 0.25) is 5.91 Å². The Morgan fingerprint density at radius 3 is 1.89 bits per heavy atom. The molecule has 0 spiro atoms. The summed E-state index contributed by atoms with van der Waals surface area (Å²) in [5.41, 5.74) is 3.69. The van der Waals surface area contributed by atoms with Gasteiger partial charge in [0.15, 0.2) is 0 Å². The topological polar surface area (TPSA) is 78.5 Å². The fraction of sp³-hybridized carbons (Fsp3) is 0.0278. The first-order valence-corrected chi connectivity index (χ1v) is 15.7. The van der Waals surface area contributed by atoms with E-state index in [1.807, 2.05) is 97.1 Å². The standard InChI is InChI=1S/C36H27N3O3S2/c40-34(39-30-15-7-9-17-32(30)44-33-18-10-8-16-31(33)39)24-43-28-21-19-27(20-22-28)37-36(42)29(23-25-11-3-1-4-12-25)38-35(41)26-13-5-2-6-14-26/h1-23H,24H2,(H,37,42)(H,38,41). The van der Waals surface area contributed by atoms with E-state index in [4.69, 9.17) is 0 Å². The zero-order valence-electron chi connectivity index (χ0n) is 23.5. The molecule has 44 heavy (non-hydrogen) atoms. The highest BCUT2D eigenvalue weighted by Gasteiger charge is 2.27. The fourth-order valence-corrected chi connectivity index (χ4v) is 6.48. The second-order valence-electron chi connectivity index (χ2n) is 9.82. The highest BCUT2D eigenvalue weighted by molar-refractivity contribution is 8.00. The van der Waals surface area contributed by atoms with Crippen LogP contribution in [0.1, 0.15) is 15.9 Å². The predicted octanol–water partition coefficient (Wildman–Crippen LogP) is 8.02. The molecular weight excluding hydrogens is 587 g/mol. The Labute approximate surface area is 264 Å². The Balaban J connectivity index is 1.13. The van der Waals surface area contributed by atoms with Gasteiger partial charge in [0, 0.05) is 25.9 Å². The van der Waals surface area contributed by atoms with E-state index in [9.17, 15) is 14.4 Å². The molecule has 0 saturated carbocycles. The molecule has 0 fully saturated rings. The highest BCUT2D eigenvalue weighted by Crippen LogP contribution is 2.48. The van der Waals surface area contributed by atoms with Gasteiger partial charge in [-0.1, -0.05) is 84.6 Å². The maximum atomic E-state index is 13.5. The number of rotatable bonds is 8. The molecule has 216 valence electrons. The molecule has 0 saturated heterocycles. The normalized spacial score (nSPS) is 12.1. The van der Waals surface area contributed by atoms with Gasteiger partial charge in [0.05, 0.1) is 17.1 Å². The van der Waals surface area contributed by atoms with Crippen LogP contribution in [0.15, 0.2) is 154 Å². The van der Waals surface area contributed by atoms with Gasteiger partial charge in [0.1, 0.15) is 5.70 Å². The largest absolute Gasteiger partial charge is 0.321 e. The summed E-state index contributed by atoms with van der Waals surface area (Å²) in [6.45, 7) is 0. The monoisotopic (exact) mass is 613 g/mol. The average molecular weight is 614 g/mol. The first-order valence-electron chi connectivity index (χ1n) is 13.9. The maximum Gasteiger partial charge on any atom is 0.272 e. The third-order valence-electron chi connectivity index (χ3n) is 6.80. The number of amides is 3. The first kappa shape index (κ1) is 29.0. The lowest BCUT2D eigenvalue weighted by molar-refractivity contribution is -0.115. The van der Waals surface area contributed by atoms with Crippen molar-refractivity contribution in [3.05, 3.63) is 150 Å². The summed E-state index contributed by atoms with van der Waals surface area (Å²) in [4.78, 5) is 44.5. The second kappa shape index (κ2) is 13.5. The van der Waals surface area contributed by atoms with E-state index in [1.165, 1.54) is 11.8 Å². The zero-order valence-corrected chi connectivity index (χ0v) is 25.1. The number of carbonyl (C=O) groups excluding carboxylic acids is 3. The van der Waals surface area contributed by atoms with Gasteiger partial charge in [0.25, 0.3) is 11.8 Å². The number of anilines is 3. The van der Waals surface area contributed by atoms with Gasteiger partial charge in [-0.15, -0.1) is 11.8 Å². The lowest BCUT2D eigenvalue weighted by atomic mass is 10.1. The van der Waals surface area contributed by atoms with Crippen LogP contribution >= 0.6 is 23.5 Å². The predicted molar refractivity (Wildman–Crippen MR) is 178 cm³/mol. The molecule has 0 aliphatic carbocycles. The Morgan fingerprint density at radius 1 is 0.682 bits per heavy atom. The molecule has 1 aliphatic heterocycles. The van der Waals surface area contributed by atoms with Crippen LogP contribution in [0.5, 0.6) is 0 Å². The third-order valence-corrected chi connectivity index (χ3v) is 8.92. The molecule has 1 heterocycles. The summed E-state index contributed by atoms with van der Waals surface area (Å²) >= 11 is 3.10.